The first-order chi connectivity index (χ1) is 7.36. The van der Waals surface area contributed by atoms with E-state index < -0.39 is 0 Å². The lowest BCUT2D eigenvalue weighted by Gasteiger charge is -1.96. The zero-order valence-electron chi connectivity index (χ0n) is 8.64. The Morgan fingerprint density at radius 3 is 3.00 bits per heavy atom. The summed E-state index contributed by atoms with van der Waals surface area (Å²) in [6.45, 7) is 0. The molecule has 0 aliphatic heterocycles. The summed E-state index contributed by atoms with van der Waals surface area (Å²) in [5, 5.41) is 4.52. The summed E-state index contributed by atoms with van der Waals surface area (Å²) in [7, 11) is 2.00. The van der Waals surface area contributed by atoms with Crippen LogP contribution in [0, 0.1) is 0 Å². The molecule has 0 spiro atoms. The van der Waals surface area contributed by atoms with E-state index in [0.29, 0.717) is 0 Å². The molecule has 76 valence electrons. The zero-order chi connectivity index (χ0) is 10.3. The van der Waals surface area contributed by atoms with Gasteiger partial charge in [-0.3, -0.25) is 14.6 Å². The van der Waals surface area contributed by atoms with E-state index in [0.717, 1.165) is 24.2 Å². The van der Waals surface area contributed by atoms with Crippen molar-refractivity contribution in [2.45, 2.75) is 19.3 Å². The minimum atomic E-state index is 0.885. The summed E-state index contributed by atoms with van der Waals surface area (Å²) in [5.74, 6) is 0. The highest BCUT2D eigenvalue weighted by atomic mass is 15.3. The highest BCUT2D eigenvalue weighted by molar-refractivity contribution is 5.60. The van der Waals surface area contributed by atoms with Crippen LogP contribution in [-0.4, -0.2) is 19.7 Å². The summed E-state index contributed by atoms with van der Waals surface area (Å²) in [6, 6.07) is 0. The first-order valence-corrected chi connectivity index (χ1v) is 5.17. The van der Waals surface area contributed by atoms with Gasteiger partial charge < -0.3 is 0 Å². The average molecular weight is 200 g/mol. The van der Waals surface area contributed by atoms with Gasteiger partial charge in [0.2, 0.25) is 0 Å². The van der Waals surface area contributed by atoms with Crippen molar-refractivity contribution < 1.29 is 0 Å². The Kier molecular flexibility index (Phi) is 1.80. The third kappa shape index (κ3) is 1.25. The number of fused-ring (bicyclic) bond motifs is 1. The minimum Gasteiger partial charge on any atom is -0.272 e. The molecule has 0 radical (unpaired) electrons. The van der Waals surface area contributed by atoms with Crippen molar-refractivity contribution >= 4 is 0 Å². The van der Waals surface area contributed by atoms with Crippen molar-refractivity contribution in [1.82, 2.24) is 19.7 Å². The van der Waals surface area contributed by atoms with Crippen LogP contribution in [0.15, 0.2) is 18.6 Å². The summed E-state index contributed by atoms with van der Waals surface area (Å²) >= 11 is 0. The zero-order valence-corrected chi connectivity index (χ0v) is 8.64. The van der Waals surface area contributed by atoms with Gasteiger partial charge >= 0.3 is 0 Å². The Balaban J connectivity index is 2.18. The largest absolute Gasteiger partial charge is 0.272 e. The molecule has 0 fully saturated rings. The summed E-state index contributed by atoms with van der Waals surface area (Å²) in [6.07, 6.45) is 8.67. The van der Waals surface area contributed by atoms with Gasteiger partial charge in [-0.15, -0.1) is 0 Å². The van der Waals surface area contributed by atoms with E-state index in [2.05, 4.69) is 15.1 Å². The minimum absolute atomic E-state index is 0.885. The van der Waals surface area contributed by atoms with Crippen molar-refractivity contribution in [1.29, 1.82) is 0 Å². The second-order valence-electron chi connectivity index (χ2n) is 3.84. The van der Waals surface area contributed by atoms with E-state index >= 15 is 0 Å². The fourth-order valence-electron chi connectivity index (χ4n) is 2.24. The van der Waals surface area contributed by atoms with Crippen LogP contribution in [-0.2, 0) is 19.9 Å². The lowest BCUT2D eigenvalue weighted by atomic mass is 10.1. The number of hydrogen-bond donors (Lipinski definition) is 0. The molecular formula is C11H12N4. The number of aromatic nitrogens is 4. The first-order valence-electron chi connectivity index (χ1n) is 5.17. The van der Waals surface area contributed by atoms with E-state index in [1.165, 1.54) is 17.7 Å². The van der Waals surface area contributed by atoms with Gasteiger partial charge in [-0.1, -0.05) is 0 Å². The average Bonchev–Trinajstić information content (AvgIpc) is 2.84. The van der Waals surface area contributed by atoms with E-state index in [4.69, 9.17) is 0 Å². The molecule has 0 atom stereocenters. The topological polar surface area (TPSA) is 43.6 Å². The van der Waals surface area contributed by atoms with Gasteiger partial charge in [0.25, 0.3) is 0 Å². The summed E-state index contributed by atoms with van der Waals surface area (Å²) in [5.41, 5.74) is 4.61. The predicted octanol–water partition coefficient (Wildman–Crippen LogP) is 1.37. The maximum atomic E-state index is 4.52. The van der Waals surface area contributed by atoms with Crippen LogP contribution in [0.5, 0.6) is 0 Å². The standard InChI is InChI=1S/C11H12N4/c1-15-10-4-2-3-8(10)11(14-15)9-7-12-5-6-13-9/h5-7H,2-4H2,1H3. The van der Waals surface area contributed by atoms with Crippen LogP contribution < -0.4 is 0 Å². The lowest BCUT2D eigenvalue weighted by molar-refractivity contribution is 0.708. The molecule has 0 aromatic carbocycles. The fourth-order valence-corrected chi connectivity index (χ4v) is 2.24. The normalized spacial score (nSPS) is 14.2. The van der Waals surface area contributed by atoms with E-state index in [1.807, 2.05) is 11.7 Å². The maximum absolute atomic E-state index is 4.52. The third-order valence-corrected chi connectivity index (χ3v) is 2.92. The number of aryl methyl sites for hydroxylation is 1. The van der Waals surface area contributed by atoms with Crippen LogP contribution in [0.4, 0.5) is 0 Å². The van der Waals surface area contributed by atoms with Crippen LogP contribution in [0.2, 0.25) is 0 Å². The Bertz CT molecular complexity index is 487. The number of hydrogen-bond acceptors (Lipinski definition) is 3. The van der Waals surface area contributed by atoms with Gasteiger partial charge in [0, 0.05) is 30.7 Å². The highest BCUT2D eigenvalue weighted by Gasteiger charge is 2.22. The summed E-state index contributed by atoms with van der Waals surface area (Å²) in [4.78, 5) is 8.39. The second-order valence-corrected chi connectivity index (χ2v) is 3.84. The van der Waals surface area contributed by atoms with Gasteiger partial charge in [-0.25, -0.2) is 0 Å². The first kappa shape index (κ1) is 8.59. The number of nitrogens with zero attached hydrogens (tertiary/aromatic N) is 4. The molecule has 0 unspecified atom stereocenters. The molecule has 2 aromatic heterocycles. The molecule has 0 saturated carbocycles. The van der Waals surface area contributed by atoms with Gasteiger partial charge in [0.1, 0.15) is 11.4 Å². The maximum Gasteiger partial charge on any atom is 0.116 e. The second kappa shape index (κ2) is 3.15. The Hall–Kier alpha value is -1.71. The molecule has 3 rings (SSSR count). The highest BCUT2D eigenvalue weighted by Crippen LogP contribution is 2.29. The molecule has 2 aromatic rings. The van der Waals surface area contributed by atoms with Crippen molar-refractivity contribution in [2.24, 2.45) is 7.05 Å². The van der Waals surface area contributed by atoms with Crippen molar-refractivity contribution in [3.05, 3.63) is 29.8 Å². The van der Waals surface area contributed by atoms with Crippen LogP contribution in [0.3, 0.4) is 0 Å². The number of rotatable bonds is 1. The molecule has 1 aliphatic carbocycles. The molecule has 0 N–H and O–H groups in total. The van der Waals surface area contributed by atoms with Gasteiger partial charge in [0.15, 0.2) is 0 Å². The molecule has 0 saturated heterocycles. The molecule has 1 aliphatic rings. The predicted molar refractivity (Wildman–Crippen MR) is 56.3 cm³/mol. The lowest BCUT2D eigenvalue weighted by Crippen LogP contribution is -1.96. The van der Waals surface area contributed by atoms with Gasteiger partial charge in [0.05, 0.1) is 6.20 Å². The molecule has 0 amide bonds. The Labute approximate surface area is 88.0 Å². The van der Waals surface area contributed by atoms with Crippen molar-refractivity contribution in [3.8, 4) is 11.4 Å². The molecule has 4 heteroatoms. The molecule has 4 nitrogen and oxygen atoms in total. The Morgan fingerprint density at radius 2 is 2.20 bits per heavy atom. The third-order valence-electron chi connectivity index (χ3n) is 2.92. The quantitative estimate of drug-likeness (QED) is 0.698. The Morgan fingerprint density at radius 1 is 1.27 bits per heavy atom. The van der Waals surface area contributed by atoms with E-state index in [9.17, 15) is 0 Å². The fraction of sp³-hybridized carbons (Fsp3) is 0.364. The smallest absolute Gasteiger partial charge is 0.116 e. The van der Waals surface area contributed by atoms with Crippen molar-refractivity contribution in [2.75, 3.05) is 0 Å². The molecular weight excluding hydrogens is 188 g/mol. The summed E-state index contributed by atoms with van der Waals surface area (Å²) < 4.78 is 1.98. The van der Waals surface area contributed by atoms with E-state index in [-0.39, 0.29) is 0 Å². The van der Waals surface area contributed by atoms with E-state index in [1.54, 1.807) is 18.6 Å². The SMILES string of the molecule is Cn1nc(-c2cnccn2)c2c1CCC2. The molecule has 0 bridgehead atoms. The molecule has 2 heterocycles. The van der Waals surface area contributed by atoms with Crippen LogP contribution in [0.1, 0.15) is 17.7 Å². The monoisotopic (exact) mass is 200 g/mol. The van der Waals surface area contributed by atoms with Crippen molar-refractivity contribution in [3.63, 3.8) is 0 Å². The molecule has 15 heavy (non-hydrogen) atoms. The van der Waals surface area contributed by atoms with Crippen LogP contribution in [0.25, 0.3) is 11.4 Å². The van der Waals surface area contributed by atoms with Gasteiger partial charge in [-0.2, -0.15) is 5.10 Å². The van der Waals surface area contributed by atoms with Gasteiger partial charge in [-0.05, 0) is 19.3 Å². The van der Waals surface area contributed by atoms with Crippen LogP contribution >= 0.6 is 0 Å².